The first-order valence-corrected chi connectivity index (χ1v) is 14.5. The number of thioether (sulfide) groups is 1. The molecule has 1 aliphatic rings. The van der Waals surface area contributed by atoms with E-state index in [-0.39, 0.29) is 11.8 Å². The van der Waals surface area contributed by atoms with E-state index in [9.17, 15) is 9.59 Å². The number of carbonyl (C=O) groups excluding carboxylic acids is 2. The smallest absolute Gasteiger partial charge is 0.264 e. The summed E-state index contributed by atoms with van der Waals surface area (Å²) in [5, 5.41) is 2.98. The zero-order valence-electron chi connectivity index (χ0n) is 24.1. The van der Waals surface area contributed by atoms with Crippen LogP contribution in [0.2, 0.25) is 0 Å². The van der Waals surface area contributed by atoms with E-state index >= 15 is 0 Å². The van der Waals surface area contributed by atoms with Gasteiger partial charge in [-0.3, -0.25) is 9.59 Å². The van der Waals surface area contributed by atoms with Crippen LogP contribution in [0.25, 0.3) is 6.08 Å². The van der Waals surface area contributed by atoms with Gasteiger partial charge in [-0.1, -0.05) is 23.9 Å². The van der Waals surface area contributed by atoms with E-state index in [0.717, 1.165) is 16.0 Å². The quantitative estimate of drug-likeness (QED) is 0.266. The Morgan fingerprint density at radius 2 is 1.56 bits per heavy atom. The van der Waals surface area contributed by atoms with Gasteiger partial charge in [0.2, 0.25) is 0 Å². The van der Waals surface area contributed by atoms with Gasteiger partial charge in [-0.2, -0.15) is 0 Å². The Morgan fingerprint density at radius 3 is 2.27 bits per heavy atom. The molecule has 0 aromatic heterocycles. The van der Waals surface area contributed by atoms with Crippen molar-refractivity contribution in [2.75, 3.05) is 45.4 Å². The lowest BCUT2D eigenvalue weighted by Gasteiger charge is -2.27. The van der Waals surface area contributed by atoms with Crippen LogP contribution in [0.4, 0.5) is 5.69 Å². The normalized spacial score (nSPS) is 13.5. The van der Waals surface area contributed by atoms with Crippen LogP contribution < -0.4 is 29.2 Å². The predicted molar refractivity (Wildman–Crippen MR) is 163 cm³/mol. The summed E-state index contributed by atoms with van der Waals surface area (Å²) in [6.07, 6.45) is 2.48. The molecule has 0 aliphatic carbocycles. The Labute approximate surface area is 245 Å². The number of carbonyl (C=O) groups is 2. The van der Waals surface area contributed by atoms with Crippen LogP contribution in [-0.4, -0.2) is 52.3 Å². The molecule has 4 rings (SSSR count). The van der Waals surface area contributed by atoms with Crippen molar-refractivity contribution in [2.45, 2.75) is 32.1 Å². The Morgan fingerprint density at radius 1 is 0.878 bits per heavy atom. The summed E-state index contributed by atoms with van der Waals surface area (Å²) in [6.45, 7) is 7.87. The molecule has 0 bridgehead atoms. The third-order valence-electron chi connectivity index (χ3n) is 6.41. The lowest BCUT2D eigenvalue weighted by Crippen LogP contribution is -2.31. The number of amides is 2. The number of ether oxygens (including phenoxy) is 4. The zero-order valence-corrected chi connectivity index (χ0v) is 24.9. The number of likely N-dealkylation sites (N-methyl/N-ethyl adjacent to an activating group) is 1. The van der Waals surface area contributed by atoms with Gasteiger partial charge in [0, 0.05) is 24.1 Å². The fourth-order valence-corrected chi connectivity index (χ4v) is 5.50. The van der Waals surface area contributed by atoms with Gasteiger partial charge in [-0.15, -0.1) is 0 Å². The molecule has 41 heavy (non-hydrogen) atoms. The highest BCUT2D eigenvalue weighted by Gasteiger charge is 2.27. The lowest BCUT2D eigenvalue weighted by atomic mass is 10.1. The molecule has 0 radical (unpaired) electrons. The average Bonchev–Trinajstić information content (AvgIpc) is 2.98. The first kappa shape index (κ1) is 29.9. The summed E-state index contributed by atoms with van der Waals surface area (Å²) in [6, 6.07) is 16.8. The molecule has 1 heterocycles. The summed E-state index contributed by atoms with van der Waals surface area (Å²) in [5.74, 6) is 2.34. The third-order valence-corrected chi connectivity index (χ3v) is 7.49. The first-order chi connectivity index (χ1) is 19.9. The number of methoxy groups -OCH3 is 1. The van der Waals surface area contributed by atoms with Gasteiger partial charge in [0.15, 0.2) is 23.0 Å². The molecule has 216 valence electrons. The fraction of sp³-hybridized carbons (Fsp3) is 0.312. The molecular formula is C32H36N2O6S. The average molecular weight is 577 g/mol. The van der Waals surface area contributed by atoms with Crippen molar-refractivity contribution in [1.29, 1.82) is 0 Å². The van der Waals surface area contributed by atoms with Gasteiger partial charge in [-0.05, 0) is 86.9 Å². The second-order valence-corrected chi connectivity index (χ2v) is 10.2. The Balaban J connectivity index is 1.43. The molecule has 3 aromatic carbocycles. The van der Waals surface area contributed by atoms with Crippen LogP contribution in [0, 0.1) is 0 Å². The summed E-state index contributed by atoms with van der Waals surface area (Å²) < 4.78 is 22.4. The number of nitrogens with zero attached hydrogens (tertiary/aromatic N) is 1. The number of rotatable bonds is 12. The van der Waals surface area contributed by atoms with Crippen molar-refractivity contribution < 1.29 is 28.5 Å². The summed E-state index contributed by atoms with van der Waals surface area (Å²) in [7, 11) is 3.31. The maximum atomic E-state index is 13.2. The van der Waals surface area contributed by atoms with Crippen LogP contribution in [0.1, 0.15) is 42.3 Å². The van der Waals surface area contributed by atoms with Crippen LogP contribution >= 0.6 is 11.8 Å². The van der Waals surface area contributed by atoms with Crippen molar-refractivity contribution in [3.05, 3.63) is 76.2 Å². The molecule has 0 saturated carbocycles. The summed E-state index contributed by atoms with van der Waals surface area (Å²) >= 11 is 1.38. The largest absolute Gasteiger partial charge is 0.493 e. The number of anilines is 1. The zero-order chi connectivity index (χ0) is 29.4. The second-order valence-electron chi connectivity index (χ2n) is 9.15. The molecule has 0 unspecified atom stereocenters. The maximum absolute atomic E-state index is 13.2. The molecule has 0 spiro atoms. The predicted octanol–water partition coefficient (Wildman–Crippen LogP) is 5.97. The molecule has 0 saturated heterocycles. The van der Waals surface area contributed by atoms with E-state index in [1.54, 1.807) is 31.2 Å². The highest BCUT2D eigenvalue weighted by molar-refractivity contribution is 8.04. The van der Waals surface area contributed by atoms with Gasteiger partial charge in [-0.25, -0.2) is 0 Å². The van der Waals surface area contributed by atoms with Crippen LogP contribution in [0.3, 0.4) is 0 Å². The van der Waals surface area contributed by atoms with Crippen molar-refractivity contribution in [2.24, 2.45) is 0 Å². The molecule has 1 aliphatic heterocycles. The molecule has 9 heteroatoms. The van der Waals surface area contributed by atoms with Crippen molar-refractivity contribution >= 4 is 35.3 Å². The summed E-state index contributed by atoms with van der Waals surface area (Å²) in [4.78, 5) is 29.2. The first-order valence-electron chi connectivity index (χ1n) is 13.7. The Hall–Kier alpha value is -4.11. The molecule has 3 aromatic rings. The number of fused-ring (bicyclic) bond motifs is 1. The lowest BCUT2D eigenvalue weighted by molar-refractivity contribution is -0.114. The van der Waals surface area contributed by atoms with E-state index in [1.807, 2.05) is 69.3 Å². The highest BCUT2D eigenvalue weighted by atomic mass is 32.2. The maximum Gasteiger partial charge on any atom is 0.264 e. The van der Waals surface area contributed by atoms with E-state index in [2.05, 4.69) is 5.32 Å². The van der Waals surface area contributed by atoms with Gasteiger partial charge < -0.3 is 29.2 Å². The Kier molecular flexibility index (Phi) is 10.2. The van der Waals surface area contributed by atoms with Gasteiger partial charge >= 0.3 is 0 Å². The second kappa shape index (κ2) is 14.0. The van der Waals surface area contributed by atoms with E-state index in [4.69, 9.17) is 18.9 Å². The van der Waals surface area contributed by atoms with Crippen molar-refractivity contribution in [3.63, 3.8) is 0 Å². The van der Waals surface area contributed by atoms with E-state index in [0.29, 0.717) is 71.9 Å². The minimum Gasteiger partial charge on any atom is -0.493 e. The van der Waals surface area contributed by atoms with E-state index in [1.165, 1.54) is 11.8 Å². The van der Waals surface area contributed by atoms with Gasteiger partial charge in [0.1, 0.15) is 0 Å². The molecule has 2 amide bonds. The van der Waals surface area contributed by atoms with Crippen LogP contribution in [0.15, 0.2) is 64.4 Å². The van der Waals surface area contributed by atoms with Gasteiger partial charge in [0.25, 0.3) is 11.8 Å². The SMILES string of the molecule is CCOc1ccc(/C=C2/Sc3ccc(C(=O)NCCc4ccc(OCC)c(OCC)c4)cc3N(C)C2=O)cc1OC. The third kappa shape index (κ3) is 7.16. The monoisotopic (exact) mass is 576 g/mol. The minimum atomic E-state index is -0.197. The fourth-order valence-electron chi connectivity index (χ4n) is 4.41. The number of benzene rings is 3. The Bertz CT molecular complexity index is 1440. The number of hydrogen-bond acceptors (Lipinski definition) is 7. The van der Waals surface area contributed by atoms with E-state index < -0.39 is 0 Å². The number of hydrogen-bond donors (Lipinski definition) is 1. The van der Waals surface area contributed by atoms with Crippen LogP contribution in [0.5, 0.6) is 23.0 Å². The minimum absolute atomic E-state index is 0.145. The number of nitrogens with one attached hydrogen (secondary N) is 1. The molecule has 1 N–H and O–H groups in total. The van der Waals surface area contributed by atoms with Crippen LogP contribution in [-0.2, 0) is 11.2 Å². The topological polar surface area (TPSA) is 86.3 Å². The highest BCUT2D eigenvalue weighted by Crippen LogP contribution is 2.42. The molecule has 8 nitrogen and oxygen atoms in total. The molecular weight excluding hydrogens is 540 g/mol. The van der Waals surface area contributed by atoms with Gasteiger partial charge in [0.05, 0.1) is 37.5 Å². The van der Waals surface area contributed by atoms with Crippen molar-refractivity contribution in [3.8, 4) is 23.0 Å². The van der Waals surface area contributed by atoms with Crippen molar-refractivity contribution in [1.82, 2.24) is 5.32 Å². The molecule has 0 atom stereocenters. The standard InChI is InChI=1S/C32H36N2O6S/c1-6-38-25-13-10-22(18-27(25)37-5)19-30-32(36)34(4)24-20-23(11-14-29(24)41-30)31(35)33-16-15-21-9-12-26(39-7-2)28(17-21)40-8-3/h9-14,17-20H,6-8,15-16H2,1-5H3,(H,33,35)/b30-19+. The summed E-state index contributed by atoms with van der Waals surface area (Å²) in [5.41, 5.74) is 3.06. The molecule has 0 fully saturated rings.